The van der Waals surface area contributed by atoms with E-state index in [-0.39, 0.29) is 17.8 Å². The predicted molar refractivity (Wildman–Crippen MR) is 131 cm³/mol. The average molecular weight is 467 g/mol. The number of carbonyl (C=O) groups is 1. The van der Waals surface area contributed by atoms with E-state index in [1.54, 1.807) is 33.2 Å². The van der Waals surface area contributed by atoms with Gasteiger partial charge in [-0.2, -0.15) is 0 Å². The predicted octanol–water partition coefficient (Wildman–Crippen LogP) is 4.58. The molecule has 3 rings (SSSR count). The number of nitrogens with zero attached hydrogens (tertiary/aromatic N) is 4. The number of rotatable bonds is 8. The van der Waals surface area contributed by atoms with Gasteiger partial charge in [0.05, 0.1) is 0 Å². The van der Waals surface area contributed by atoms with Crippen molar-refractivity contribution >= 4 is 34.9 Å². The standard InChI is InChI=1S/C24H27ClN6O2/c1-5-20(17-8-10-18(11-9-17)23(32)31(3)4)28-21(15(2)26)22-29-30-24(33-22)27-14-16-6-12-19(25)13-7-16/h6-13H,5,14,26H2,1-4H3,(H,27,30)/b21-15+,28-20+. The molecule has 1 aromatic heterocycles. The molecule has 0 aliphatic carbocycles. The SMILES string of the molecule is CC/C(=N\C(=C(/C)N)c1nnc(NCc2ccc(Cl)cc2)o1)c1ccc(C(=O)N(C)C)cc1. The van der Waals surface area contributed by atoms with E-state index < -0.39 is 0 Å². The molecule has 0 saturated heterocycles. The molecule has 0 atom stereocenters. The van der Waals surface area contributed by atoms with Gasteiger partial charge in [0.1, 0.15) is 5.70 Å². The molecule has 0 aliphatic rings. The fraction of sp³-hybridized carbons (Fsp3) is 0.250. The first-order chi connectivity index (χ1) is 15.8. The lowest BCUT2D eigenvalue weighted by Crippen LogP contribution is -2.21. The Morgan fingerprint density at radius 1 is 1.09 bits per heavy atom. The Morgan fingerprint density at radius 3 is 2.30 bits per heavy atom. The molecule has 1 heterocycles. The molecule has 2 aromatic carbocycles. The first-order valence-corrected chi connectivity index (χ1v) is 10.8. The van der Waals surface area contributed by atoms with Gasteiger partial charge in [0.25, 0.3) is 11.8 Å². The van der Waals surface area contributed by atoms with Crippen molar-refractivity contribution in [1.29, 1.82) is 0 Å². The van der Waals surface area contributed by atoms with Crippen molar-refractivity contribution in [2.24, 2.45) is 10.7 Å². The molecule has 3 aromatic rings. The number of carbonyl (C=O) groups excluding carboxylic acids is 1. The lowest BCUT2D eigenvalue weighted by atomic mass is 10.0. The number of nitrogens with two attached hydrogens (primary N) is 1. The Morgan fingerprint density at radius 2 is 1.73 bits per heavy atom. The Bertz CT molecular complexity index is 1160. The summed E-state index contributed by atoms with van der Waals surface area (Å²) >= 11 is 5.92. The second kappa shape index (κ2) is 10.8. The van der Waals surface area contributed by atoms with Gasteiger partial charge in [-0.15, -0.1) is 5.10 Å². The first-order valence-electron chi connectivity index (χ1n) is 10.5. The second-order valence-electron chi connectivity index (χ2n) is 7.61. The Kier molecular flexibility index (Phi) is 7.84. The maximum absolute atomic E-state index is 12.1. The second-order valence-corrected chi connectivity index (χ2v) is 8.05. The summed E-state index contributed by atoms with van der Waals surface area (Å²) < 4.78 is 5.76. The fourth-order valence-electron chi connectivity index (χ4n) is 3.02. The van der Waals surface area contributed by atoms with Gasteiger partial charge in [-0.05, 0) is 48.7 Å². The van der Waals surface area contributed by atoms with Crippen LogP contribution in [-0.2, 0) is 6.54 Å². The molecule has 8 nitrogen and oxygen atoms in total. The molecule has 1 amide bonds. The summed E-state index contributed by atoms with van der Waals surface area (Å²) in [6, 6.07) is 15.0. The lowest BCUT2D eigenvalue weighted by molar-refractivity contribution is 0.0827. The van der Waals surface area contributed by atoms with Gasteiger partial charge in [-0.25, -0.2) is 4.99 Å². The van der Waals surface area contributed by atoms with E-state index in [1.165, 1.54) is 4.90 Å². The van der Waals surface area contributed by atoms with Crippen LogP contribution in [0.5, 0.6) is 0 Å². The molecular weight excluding hydrogens is 440 g/mol. The van der Waals surface area contributed by atoms with Gasteiger partial charge in [-0.1, -0.05) is 47.9 Å². The third-order valence-electron chi connectivity index (χ3n) is 4.81. The van der Waals surface area contributed by atoms with Crippen molar-refractivity contribution in [3.8, 4) is 0 Å². The van der Waals surface area contributed by atoms with Crippen LogP contribution in [-0.4, -0.2) is 40.8 Å². The molecule has 0 unspecified atom stereocenters. The van der Waals surface area contributed by atoms with Gasteiger partial charge in [0.2, 0.25) is 0 Å². The van der Waals surface area contributed by atoms with Crippen LogP contribution in [0.15, 0.2) is 63.6 Å². The minimum Gasteiger partial charge on any atom is -0.402 e. The highest BCUT2D eigenvalue weighted by Crippen LogP contribution is 2.22. The Hall–Kier alpha value is -3.65. The number of aromatic nitrogens is 2. The number of hydrogen-bond acceptors (Lipinski definition) is 7. The minimum atomic E-state index is -0.0561. The number of aliphatic imine (C=N–C) groups is 1. The monoisotopic (exact) mass is 466 g/mol. The molecular formula is C24H27ClN6O2. The van der Waals surface area contributed by atoms with Crippen LogP contribution in [0.2, 0.25) is 5.02 Å². The van der Waals surface area contributed by atoms with E-state index in [1.807, 2.05) is 43.3 Å². The highest BCUT2D eigenvalue weighted by molar-refractivity contribution is 6.30. The summed E-state index contributed by atoms with van der Waals surface area (Å²) in [5.41, 5.74) is 10.3. The number of amides is 1. The number of halogens is 1. The van der Waals surface area contributed by atoms with Crippen LogP contribution in [0.4, 0.5) is 6.01 Å². The Balaban J connectivity index is 1.80. The van der Waals surface area contributed by atoms with Crippen LogP contribution < -0.4 is 11.1 Å². The third-order valence-corrected chi connectivity index (χ3v) is 5.06. The Labute approximate surface area is 198 Å². The summed E-state index contributed by atoms with van der Waals surface area (Å²) in [6.45, 7) is 4.23. The average Bonchev–Trinajstić information content (AvgIpc) is 3.27. The number of nitrogens with one attached hydrogen (secondary N) is 1. The molecule has 0 saturated carbocycles. The van der Waals surface area contributed by atoms with Crippen LogP contribution >= 0.6 is 11.6 Å². The molecule has 0 bridgehead atoms. The summed E-state index contributed by atoms with van der Waals surface area (Å²) in [4.78, 5) is 18.4. The van der Waals surface area contributed by atoms with Crippen molar-refractivity contribution < 1.29 is 9.21 Å². The zero-order chi connectivity index (χ0) is 24.0. The number of hydrogen-bond donors (Lipinski definition) is 2. The van der Waals surface area contributed by atoms with E-state index in [0.717, 1.165) is 16.8 Å². The van der Waals surface area contributed by atoms with E-state index >= 15 is 0 Å². The summed E-state index contributed by atoms with van der Waals surface area (Å²) in [6.07, 6.45) is 0.646. The van der Waals surface area contributed by atoms with Crippen molar-refractivity contribution in [3.63, 3.8) is 0 Å². The molecule has 33 heavy (non-hydrogen) atoms. The molecule has 0 spiro atoms. The minimum absolute atomic E-state index is 0.0561. The van der Waals surface area contributed by atoms with E-state index in [4.69, 9.17) is 26.7 Å². The normalized spacial score (nSPS) is 12.3. The topological polar surface area (TPSA) is 110 Å². The molecule has 0 fully saturated rings. The van der Waals surface area contributed by atoms with E-state index in [2.05, 4.69) is 15.5 Å². The quantitative estimate of drug-likeness (QED) is 0.470. The highest BCUT2D eigenvalue weighted by atomic mass is 35.5. The van der Waals surface area contributed by atoms with Crippen LogP contribution in [0, 0.1) is 0 Å². The van der Waals surface area contributed by atoms with Crippen LogP contribution in [0.3, 0.4) is 0 Å². The fourth-order valence-corrected chi connectivity index (χ4v) is 3.15. The third kappa shape index (κ3) is 6.20. The van der Waals surface area contributed by atoms with Gasteiger partial charge < -0.3 is 20.4 Å². The van der Waals surface area contributed by atoms with Crippen molar-refractivity contribution in [2.45, 2.75) is 26.8 Å². The molecule has 3 N–H and O–H groups in total. The zero-order valence-electron chi connectivity index (χ0n) is 19.1. The van der Waals surface area contributed by atoms with Crippen molar-refractivity contribution in [1.82, 2.24) is 15.1 Å². The largest absolute Gasteiger partial charge is 0.402 e. The van der Waals surface area contributed by atoms with Crippen LogP contribution in [0.25, 0.3) is 5.70 Å². The number of allylic oxidation sites excluding steroid dienone is 1. The summed E-state index contributed by atoms with van der Waals surface area (Å²) in [5.74, 6) is 0.165. The van der Waals surface area contributed by atoms with Crippen LogP contribution in [0.1, 0.15) is 47.6 Å². The molecule has 0 radical (unpaired) electrons. The lowest BCUT2D eigenvalue weighted by Gasteiger charge is -2.11. The molecule has 172 valence electrons. The maximum Gasteiger partial charge on any atom is 0.316 e. The van der Waals surface area contributed by atoms with E-state index in [9.17, 15) is 4.79 Å². The van der Waals surface area contributed by atoms with Gasteiger partial charge >= 0.3 is 6.01 Å². The molecule has 9 heteroatoms. The summed E-state index contributed by atoms with van der Waals surface area (Å²) in [7, 11) is 3.44. The first kappa shape index (κ1) is 24.0. The highest BCUT2D eigenvalue weighted by Gasteiger charge is 2.15. The van der Waals surface area contributed by atoms with Gasteiger partial charge in [-0.3, -0.25) is 4.79 Å². The molecule has 0 aliphatic heterocycles. The van der Waals surface area contributed by atoms with Gasteiger partial charge in [0, 0.05) is 42.6 Å². The van der Waals surface area contributed by atoms with Crippen molar-refractivity contribution in [2.75, 3.05) is 19.4 Å². The maximum atomic E-state index is 12.1. The summed E-state index contributed by atoms with van der Waals surface area (Å²) in [5, 5.41) is 11.9. The number of benzene rings is 2. The van der Waals surface area contributed by atoms with Crippen molar-refractivity contribution in [3.05, 3.63) is 81.8 Å². The number of anilines is 1. The smallest absolute Gasteiger partial charge is 0.316 e. The van der Waals surface area contributed by atoms with E-state index in [0.29, 0.717) is 34.9 Å². The van der Waals surface area contributed by atoms with Gasteiger partial charge in [0.15, 0.2) is 0 Å². The zero-order valence-corrected chi connectivity index (χ0v) is 19.8.